The van der Waals surface area contributed by atoms with Crippen LogP contribution in [-0.4, -0.2) is 34.6 Å². The van der Waals surface area contributed by atoms with Gasteiger partial charge in [0.1, 0.15) is 0 Å². The van der Waals surface area contributed by atoms with Gasteiger partial charge < -0.3 is 4.90 Å². The van der Waals surface area contributed by atoms with Crippen molar-refractivity contribution in [3.63, 3.8) is 0 Å². The molecule has 0 atom stereocenters. The van der Waals surface area contributed by atoms with Crippen molar-refractivity contribution >= 4 is 47.5 Å². The summed E-state index contributed by atoms with van der Waals surface area (Å²) in [6, 6.07) is 0. The van der Waals surface area contributed by atoms with Gasteiger partial charge in [0, 0.05) is 7.05 Å². The van der Waals surface area contributed by atoms with Crippen LogP contribution in [0.5, 0.6) is 0 Å². The maximum absolute atomic E-state index is 5.54. The van der Waals surface area contributed by atoms with E-state index < -0.39 is 9.96 Å². The molecule has 0 spiro atoms. The van der Waals surface area contributed by atoms with Gasteiger partial charge in [0.2, 0.25) is 3.79 Å². The zero-order valence-corrected chi connectivity index (χ0v) is 7.98. The normalized spacial score (nSPS) is 19.5. The van der Waals surface area contributed by atoms with Gasteiger partial charge in [-0.3, -0.25) is 0 Å². The van der Waals surface area contributed by atoms with Gasteiger partial charge in [0.05, 0.1) is 12.7 Å². The molecule has 0 aromatic heterocycles. The van der Waals surface area contributed by atoms with E-state index in [1.807, 2.05) is 0 Å². The summed E-state index contributed by atoms with van der Waals surface area (Å²) in [5.74, 6) is 0. The Morgan fingerprint density at radius 1 is 1.27 bits per heavy atom. The van der Waals surface area contributed by atoms with Crippen LogP contribution < -0.4 is 0 Å². The molecule has 1 aliphatic heterocycles. The zero-order valence-electron chi connectivity index (χ0n) is 5.71. The Hall–Kier alpha value is 0.01000. The summed E-state index contributed by atoms with van der Waals surface area (Å²) in [5.41, 5.74) is 0. The molecule has 0 saturated carbocycles. The molecular formula is C5H6Cl3N3. The van der Waals surface area contributed by atoms with E-state index in [2.05, 4.69) is 9.98 Å². The third-order valence-corrected chi connectivity index (χ3v) is 1.66. The number of halogens is 3. The number of aliphatic imine (C=N–C) groups is 2. The molecule has 3 nitrogen and oxygen atoms in total. The smallest absolute Gasteiger partial charge is 0.232 e. The third kappa shape index (κ3) is 2.51. The van der Waals surface area contributed by atoms with Crippen LogP contribution in [0.4, 0.5) is 0 Å². The summed E-state index contributed by atoms with van der Waals surface area (Å²) in [6.07, 6.45) is 2.49. The first-order valence-corrected chi connectivity index (χ1v) is 3.99. The summed E-state index contributed by atoms with van der Waals surface area (Å²) < 4.78 is -1.45. The molecule has 0 bridgehead atoms. The molecule has 62 valence electrons. The fraction of sp³-hybridized carbons (Fsp3) is 0.600. The second kappa shape index (κ2) is 3.17. The van der Waals surface area contributed by atoms with Crippen LogP contribution in [-0.2, 0) is 0 Å². The van der Waals surface area contributed by atoms with Crippen molar-refractivity contribution in [1.82, 2.24) is 4.90 Å². The summed E-state index contributed by atoms with van der Waals surface area (Å²) in [7, 11) is 1.79. The second-order valence-corrected chi connectivity index (χ2v) is 4.48. The molecular weight excluding hydrogens is 208 g/mol. The first-order valence-electron chi connectivity index (χ1n) is 2.85. The number of alkyl halides is 3. The molecule has 1 rings (SSSR count). The van der Waals surface area contributed by atoms with Crippen molar-refractivity contribution in [3.8, 4) is 0 Å². The van der Waals surface area contributed by atoms with E-state index in [9.17, 15) is 0 Å². The molecule has 1 aliphatic rings. The highest BCUT2D eigenvalue weighted by atomic mass is 35.6. The minimum atomic E-state index is -1.45. The van der Waals surface area contributed by atoms with Crippen molar-refractivity contribution < 1.29 is 0 Å². The quantitative estimate of drug-likeness (QED) is 0.564. The van der Waals surface area contributed by atoms with Crippen LogP contribution in [0.3, 0.4) is 0 Å². The van der Waals surface area contributed by atoms with Crippen LogP contribution in [0.15, 0.2) is 9.98 Å². The van der Waals surface area contributed by atoms with Gasteiger partial charge in [-0.15, -0.1) is 0 Å². The molecule has 0 unspecified atom stereocenters. The predicted octanol–water partition coefficient (Wildman–Crippen LogP) is 1.68. The van der Waals surface area contributed by atoms with E-state index in [4.69, 9.17) is 34.8 Å². The first-order chi connectivity index (χ1) is 5.00. The molecule has 0 aromatic rings. The molecule has 0 aliphatic carbocycles. The lowest BCUT2D eigenvalue weighted by Gasteiger charge is -2.20. The Morgan fingerprint density at radius 2 is 1.73 bits per heavy atom. The molecule has 0 amide bonds. The van der Waals surface area contributed by atoms with Crippen molar-refractivity contribution in [1.29, 1.82) is 0 Å². The SMILES string of the molecule is CN1C=NC(C(Cl)(Cl)Cl)N=C1. The van der Waals surface area contributed by atoms with Gasteiger partial charge in [-0.2, -0.15) is 0 Å². The molecule has 0 fully saturated rings. The van der Waals surface area contributed by atoms with Crippen LogP contribution in [0.2, 0.25) is 0 Å². The standard InChI is InChI=1S/C5H6Cl3N3/c1-11-2-9-4(10-3-11)5(6,7)8/h2-4H,1H3. The van der Waals surface area contributed by atoms with E-state index in [1.165, 1.54) is 0 Å². The van der Waals surface area contributed by atoms with Gasteiger partial charge >= 0.3 is 0 Å². The van der Waals surface area contributed by atoms with Crippen molar-refractivity contribution in [3.05, 3.63) is 0 Å². The monoisotopic (exact) mass is 213 g/mol. The lowest BCUT2D eigenvalue weighted by Crippen LogP contribution is -2.29. The van der Waals surface area contributed by atoms with Gasteiger partial charge in [0.15, 0.2) is 6.17 Å². The average molecular weight is 214 g/mol. The van der Waals surface area contributed by atoms with Crippen molar-refractivity contribution in [2.45, 2.75) is 9.96 Å². The Morgan fingerprint density at radius 3 is 2.09 bits per heavy atom. The van der Waals surface area contributed by atoms with Crippen molar-refractivity contribution in [2.24, 2.45) is 9.98 Å². The maximum Gasteiger partial charge on any atom is 0.232 e. The van der Waals surface area contributed by atoms with E-state index in [0.29, 0.717) is 0 Å². The van der Waals surface area contributed by atoms with Gasteiger partial charge in [-0.25, -0.2) is 9.98 Å². The van der Waals surface area contributed by atoms with E-state index >= 15 is 0 Å². The van der Waals surface area contributed by atoms with E-state index in [0.717, 1.165) is 0 Å². The molecule has 0 aromatic carbocycles. The summed E-state index contributed by atoms with van der Waals surface area (Å²) in [5, 5.41) is 0. The molecule has 11 heavy (non-hydrogen) atoms. The Labute approximate surface area is 79.7 Å². The van der Waals surface area contributed by atoms with Crippen LogP contribution >= 0.6 is 34.8 Å². The fourth-order valence-corrected chi connectivity index (χ4v) is 0.912. The fourth-order valence-electron chi connectivity index (χ4n) is 0.574. The van der Waals surface area contributed by atoms with Gasteiger partial charge in [-0.1, -0.05) is 34.8 Å². The first kappa shape index (κ1) is 9.10. The molecule has 6 heteroatoms. The minimum Gasteiger partial charge on any atom is -0.327 e. The minimum absolute atomic E-state index is 0.622. The summed E-state index contributed by atoms with van der Waals surface area (Å²) in [6.45, 7) is 0. The van der Waals surface area contributed by atoms with Crippen LogP contribution in [0, 0.1) is 0 Å². The number of hydrogen-bond donors (Lipinski definition) is 0. The topological polar surface area (TPSA) is 28.0 Å². The van der Waals surface area contributed by atoms with Crippen LogP contribution in [0.25, 0.3) is 0 Å². The lowest BCUT2D eigenvalue weighted by molar-refractivity contribution is 0.663. The average Bonchev–Trinajstić information content (AvgIpc) is 1.86. The molecule has 0 N–H and O–H groups in total. The molecule has 0 radical (unpaired) electrons. The number of nitrogens with zero attached hydrogens (tertiary/aromatic N) is 3. The van der Waals surface area contributed by atoms with Crippen molar-refractivity contribution in [2.75, 3.05) is 7.05 Å². The predicted molar refractivity (Wildman–Crippen MR) is 48.8 cm³/mol. The van der Waals surface area contributed by atoms with Crippen LogP contribution in [0.1, 0.15) is 0 Å². The summed E-state index contributed by atoms with van der Waals surface area (Å²) >= 11 is 16.6. The van der Waals surface area contributed by atoms with E-state index in [-0.39, 0.29) is 0 Å². The molecule has 1 heterocycles. The maximum atomic E-state index is 5.54. The zero-order chi connectivity index (χ0) is 8.48. The Bertz CT molecular complexity index is 182. The Kier molecular flexibility index (Phi) is 2.62. The Balaban J connectivity index is 2.66. The number of rotatable bonds is 0. The third-order valence-electron chi connectivity index (χ3n) is 1.07. The lowest BCUT2D eigenvalue weighted by atomic mass is 10.5. The van der Waals surface area contributed by atoms with E-state index in [1.54, 1.807) is 24.6 Å². The highest BCUT2D eigenvalue weighted by molar-refractivity contribution is 6.68. The van der Waals surface area contributed by atoms with Gasteiger partial charge in [0.25, 0.3) is 0 Å². The largest absolute Gasteiger partial charge is 0.327 e. The second-order valence-electron chi connectivity index (χ2n) is 2.11. The number of hydrogen-bond acceptors (Lipinski definition) is 3. The molecule has 0 saturated heterocycles. The van der Waals surface area contributed by atoms with Gasteiger partial charge in [-0.05, 0) is 0 Å². The summed E-state index contributed by atoms with van der Waals surface area (Å²) in [4.78, 5) is 9.45. The highest BCUT2D eigenvalue weighted by Gasteiger charge is 2.32. The highest BCUT2D eigenvalue weighted by Crippen LogP contribution is 2.33.